The smallest absolute Gasteiger partial charge is 0.0969 e. The van der Waals surface area contributed by atoms with Gasteiger partial charge >= 0.3 is 7.95 Å². The number of nitrogens with zero attached hydrogens (tertiary/aromatic N) is 1. The summed E-state index contributed by atoms with van der Waals surface area (Å²) in [6.07, 6.45) is 0. The minimum absolute atomic E-state index is 0.0820. The van der Waals surface area contributed by atoms with E-state index in [2.05, 4.69) is 0 Å². The lowest BCUT2D eigenvalue weighted by Gasteiger charge is -2.12. The van der Waals surface area contributed by atoms with Crippen LogP contribution >= 0.6 is 7.95 Å². The minimum atomic E-state index is -1.20. The molecule has 66 valence electrons. The van der Waals surface area contributed by atoms with E-state index in [1.165, 1.54) is 0 Å². The quantitative estimate of drug-likeness (QED) is 0.616. The van der Waals surface area contributed by atoms with Crippen LogP contribution in [0.15, 0.2) is 0 Å². The average molecular weight is 176 g/mol. The van der Waals surface area contributed by atoms with Gasteiger partial charge in [0.05, 0.1) is 0 Å². The molecule has 11 heavy (non-hydrogen) atoms. The normalized spacial score (nSPS) is 13.8. The second kappa shape index (κ2) is 4.18. The Balaban J connectivity index is 4.22. The highest BCUT2D eigenvalue weighted by Crippen LogP contribution is 2.41. The highest BCUT2D eigenvalue weighted by molar-refractivity contribution is 7.43. The van der Waals surface area contributed by atoms with Gasteiger partial charge in [-0.3, -0.25) is 0 Å². The maximum absolute atomic E-state index is 11.7. The van der Waals surface area contributed by atoms with Crippen molar-refractivity contribution in [2.45, 2.75) is 39.8 Å². The van der Waals surface area contributed by atoms with Crippen LogP contribution in [0.4, 0.5) is 0 Å². The molecule has 0 aliphatic heterocycles. The van der Waals surface area contributed by atoms with Crippen molar-refractivity contribution in [1.82, 2.24) is 4.67 Å². The summed E-state index contributed by atoms with van der Waals surface area (Å²) in [6.45, 7) is 11.9. The third-order valence-electron chi connectivity index (χ3n) is 1.56. The van der Waals surface area contributed by atoms with E-state index in [4.69, 9.17) is 0 Å². The molecule has 0 saturated heterocycles. The largest absolute Gasteiger partial charge is 0.440 e. The summed E-state index contributed by atoms with van der Waals surface area (Å²) < 4.78 is 13.7. The van der Waals surface area contributed by atoms with Crippen LogP contribution in [-0.2, 0) is 4.57 Å². The van der Waals surface area contributed by atoms with Gasteiger partial charge in [0.2, 0.25) is 0 Å². The van der Waals surface area contributed by atoms with Crippen LogP contribution in [0.3, 0.4) is 0 Å². The summed E-state index contributed by atoms with van der Waals surface area (Å²) >= 11 is 0. The van der Waals surface area contributed by atoms with Gasteiger partial charge in [-0.2, -0.15) is 0 Å². The first kappa shape index (κ1) is 11.1. The lowest BCUT2D eigenvalue weighted by molar-refractivity contribution is 0.440. The summed E-state index contributed by atoms with van der Waals surface area (Å²) in [5.74, 6) is 0. The Kier molecular flexibility index (Phi) is 4.20. The van der Waals surface area contributed by atoms with E-state index in [1.807, 2.05) is 39.3 Å². The van der Waals surface area contributed by atoms with Gasteiger partial charge in [-0.25, -0.2) is 0 Å². The fourth-order valence-electron chi connectivity index (χ4n) is 0.905. The highest BCUT2D eigenvalue weighted by atomic mass is 31.1. The van der Waals surface area contributed by atoms with E-state index in [0.717, 1.165) is 13.1 Å². The van der Waals surface area contributed by atoms with Gasteiger partial charge in [-0.1, -0.05) is 4.67 Å². The fraction of sp³-hybridized carbons (Fsp3) is 1.00. The first-order valence-electron chi connectivity index (χ1n) is 4.15. The molecule has 1 unspecified atom stereocenters. The molecule has 0 amide bonds. The molecule has 0 aliphatic carbocycles. The van der Waals surface area contributed by atoms with Crippen molar-refractivity contribution in [1.29, 1.82) is 0 Å². The summed E-state index contributed by atoms with van der Waals surface area (Å²) in [4.78, 5) is 0. The maximum Gasteiger partial charge on any atom is 0.440 e. The molecule has 0 rings (SSSR count). The van der Waals surface area contributed by atoms with E-state index < -0.39 is 7.95 Å². The molecule has 0 heterocycles. The Bertz CT molecular complexity index is 136. The van der Waals surface area contributed by atoms with Crippen LogP contribution in [0.25, 0.3) is 0 Å². The van der Waals surface area contributed by atoms with Crippen molar-refractivity contribution >= 4 is 7.95 Å². The summed E-state index contributed by atoms with van der Waals surface area (Å²) in [5, 5.41) is -0.0820. The van der Waals surface area contributed by atoms with Crippen molar-refractivity contribution in [3.63, 3.8) is 0 Å². The average Bonchev–Trinajstić information content (AvgIpc) is 1.88. The Morgan fingerprint density at radius 2 is 1.55 bits per heavy atom. The first-order valence-corrected chi connectivity index (χ1v) is 5.37. The van der Waals surface area contributed by atoms with Gasteiger partial charge in [0.1, 0.15) is 0 Å². The zero-order valence-corrected chi connectivity index (χ0v) is 9.11. The van der Waals surface area contributed by atoms with E-state index in [1.54, 1.807) is 0 Å². The minimum Gasteiger partial charge on any atom is -0.0969 e. The van der Waals surface area contributed by atoms with Crippen LogP contribution in [-0.4, -0.2) is 22.9 Å². The second-order valence-corrected chi connectivity index (χ2v) is 6.04. The van der Waals surface area contributed by atoms with Gasteiger partial charge in [0.25, 0.3) is 0 Å². The molecule has 0 fully saturated rings. The molecular formula is C8H19NOP+. The highest BCUT2D eigenvalue weighted by Gasteiger charge is 2.39. The summed E-state index contributed by atoms with van der Waals surface area (Å²) in [6, 6.07) is 0. The predicted molar refractivity (Wildman–Crippen MR) is 50.3 cm³/mol. The van der Waals surface area contributed by atoms with E-state index >= 15 is 0 Å². The molecule has 3 heteroatoms. The van der Waals surface area contributed by atoms with Gasteiger partial charge in [-0.05, 0) is 39.2 Å². The maximum atomic E-state index is 11.7. The van der Waals surface area contributed by atoms with Gasteiger partial charge < -0.3 is 0 Å². The molecule has 2 nitrogen and oxygen atoms in total. The SMILES string of the molecule is CCN(CC)[P+](=O)C(C)(C)C. The summed E-state index contributed by atoms with van der Waals surface area (Å²) in [7, 11) is -1.20. The Morgan fingerprint density at radius 1 is 1.18 bits per heavy atom. The molecule has 0 aromatic carbocycles. The van der Waals surface area contributed by atoms with Crippen LogP contribution < -0.4 is 0 Å². The van der Waals surface area contributed by atoms with Crippen molar-refractivity contribution in [2.75, 3.05) is 13.1 Å². The van der Waals surface area contributed by atoms with Crippen LogP contribution in [0.1, 0.15) is 34.6 Å². The van der Waals surface area contributed by atoms with Crippen LogP contribution in [0.5, 0.6) is 0 Å². The van der Waals surface area contributed by atoms with Crippen molar-refractivity contribution in [3.05, 3.63) is 0 Å². The third-order valence-corrected chi connectivity index (χ3v) is 3.79. The zero-order chi connectivity index (χ0) is 9.07. The molecule has 0 radical (unpaired) electrons. The van der Waals surface area contributed by atoms with Gasteiger partial charge in [0.15, 0.2) is 5.16 Å². The molecule has 0 aromatic rings. The number of hydrogen-bond donors (Lipinski definition) is 0. The molecular weight excluding hydrogens is 157 g/mol. The van der Waals surface area contributed by atoms with Gasteiger partial charge in [-0.15, -0.1) is 0 Å². The first-order chi connectivity index (χ1) is 4.93. The lowest BCUT2D eigenvalue weighted by Crippen LogP contribution is -2.22. The molecule has 0 bridgehead atoms. The molecule has 1 atom stereocenters. The fourth-order valence-corrected chi connectivity index (χ4v) is 2.27. The Hall–Kier alpha value is 0.0600. The molecule has 0 saturated carbocycles. The third kappa shape index (κ3) is 3.31. The monoisotopic (exact) mass is 176 g/mol. The van der Waals surface area contributed by atoms with E-state index in [0.29, 0.717) is 0 Å². The predicted octanol–water partition coefficient (Wildman–Crippen LogP) is 2.87. The van der Waals surface area contributed by atoms with Crippen LogP contribution in [0.2, 0.25) is 0 Å². The van der Waals surface area contributed by atoms with Crippen LogP contribution in [0, 0.1) is 0 Å². The Morgan fingerprint density at radius 3 is 1.64 bits per heavy atom. The second-order valence-electron chi connectivity index (χ2n) is 3.58. The van der Waals surface area contributed by atoms with E-state index in [-0.39, 0.29) is 5.16 Å². The van der Waals surface area contributed by atoms with Crippen molar-refractivity contribution < 1.29 is 4.57 Å². The lowest BCUT2D eigenvalue weighted by atomic mass is 10.3. The van der Waals surface area contributed by atoms with Gasteiger partial charge in [0, 0.05) is 13.1 Å². The summed E-state index contributed by atoms with van der Waals surface area (Å²) in [5.41, 5.74) is 0. The molecule has 0 aromatic heterocycles. The number of rotatable bonds is 3. The standard InChI is InChI=1S/C8H19NOP/c1-6-9(7-2)11(10)8(3,4)5/h6-7H2,1-5H3/q+1. The number of hydrogen-bond acceptors (Lipinski definition) is 1. The molecule has 0 aliphatic rings. The zero-order valence-electron chi connectivity index (χ0n) is 8.22. The van der Waals surface area contributed by atoms with E-state index in [9.17, 15) is 4.57 Å². The molecule has 0 N–H and O–H groups in total. The molecule has 0 spiro atoms. The Labute approximate surface area is 70.8 Å². The topological polar surface area (TPSA) is 20.3 Å². The van der Waals surface area contributed by atoms with Crippen molar-refractivity contribution in [2.24, 2.45) is 0 Å². The van der Waals surface area contributed by atoms with Crippen molar-refractivity contribution in [3.8, 4) is 0 Å².